The van der Waals surface area contributed by atoms with E-state index in [1.165, 1.54) is 0 Å². The lowest BCUT2D eigenvalue weighted by atomic mass is 10.1. The van der Waals surface area contributed by atoms with Gasteiger partial charge in [0.1, 0.15) is 17.0 Å². The van der Waals surface area contributed by atoms with Crippen LogP contribution in [0.4, 0.5) is 5.95 Å². The SMILES string of the molecule is COc1ccc(-c2nc(N3CCC(C(=O)NO)C3)nc3[nH]cnc23)cc1. The third-order valence-corrected chi connectivity index (χ3v) is 4.58. The van der Waals surface area contributed by atoms with Crippen LogP contribution < -0.4 is 15.1 Å². The van der Waals surface area contributed by atoms with Crippen LogP contribution in [0.5, 0.6) is 5.75 Å². The van der Waals surface area contributed by atoms with Crippen molar-refractivity contribution in [2.45, 2.75) is 6.42 Å². The van der Waals surface area contributed by atoms with Gasteiger partial charge in [0.15, 0.2) is 5.65 Å². The number of H-pyrrole nitrogens is 1. The van der Waals surface area contributed by atoms with E-state index in [4.69, 9.17) is 14.9 Å². The van der Waals surface area contributed by atoms with Gasteiger partial charge < -0.3 is 14.6 Å². The second-order valence-electron chi connectivity index (χ2n) is 6.11. The number of anilines is 1. The molecule has 4 rings (SSSR count). The Morgan fingerprint density at radius 3 is 2.88 bits per heavy atom. The first-order valence-corrected chi connectivity index (χ1v) is 8.24. The quantitative estimate of drug-likeness (QED) is 0.478. The van der Waals surface area contributed by atoms with Crippen LogP contribution in [0.25, 0.3) is 22.4 Å². The van der Waals surface area contributed by atoms with Crippen LogP contribution in [0.3, 0.4) is 0 Å². The normalized spacial score (nSPS) is 16.8. The zero-order valence-electron chi connectivity index (χ0n) is 14.1. The maximum atomic E-state index is 11.7. The molecule has 3 aromatic rings. The molecule has 0 saturated carbocycles. The van der Waals surface area contributed by atoms with Crippen LogP contribution in [-0.2, 0) is 4.79 Å². The third kappa shape index (κ3) is 2.82. The van der Waals surface area contributed by atoms with Crippen LogP contribution >= 0.6 is 0 Å². The molecule has 26 heavy (non-hydrogen) atoms. The van der Waals surface area contributed by atoms with Crippen molar-refractivity contribution >= 4 is 23.0 Å². The van der Waals surface area contributed by atoms with Crippen molar-refractivity contribution in [3.05, 3.63) is 30.6 Å². The molecule has 134 valence electrons. The smallest absolute Gasteiger partial charge is 0.248 e. The molecular formula is C17H18N6O3. The van der Waals surface area contributed by atoms with Crippen molar-refractivity contribution in [1.82, 2.24) is 25.4 Å². The number of nitrogens with one attached hydrogen (secondary N) is 2. The average molecular weight is 354 g/mol. The summed E-state index contributed by atoms with van der Waals surface area (Å²) in [6, 6.07) is 7.58. The van der Waals surface area contributed by atoms with E-state index >= 15 is 0 Å². The number of hydrogen-bond acceptors (Lipinski definition) is 7. The van der Waals surface area contributed by atoms with Crippen molar-refractivity contribution < 1.29 is 14.7 Å². The highest BCUT2D eigenvalue weighted by molar-refractivity contribution is 5.88. The van der Waals surface area contributed by atoms with Gasteiger partial charge in [-0.15, -0.1) is 0 Å². The molecule has 3 N–H and O–H groups in total. The molecular weight excluding hydrogens is 336 g/mol. The van der Waals surface area contributed by atoms with Gasteiger partial charge >= 0.3 is 0 Å². The molecule has 0 aliphatic carbocycles. The molecule has 9 nitrogen and oxygen atoms in total. The number of methoxy groups -OCH3 is 1. The summed E-state index contributed by atoms with van der Waals surface area (Å²) in [6.07, 6.45) is 2.22. The topological polar surface area (TPSA) is 116 Å². The molecule has 0 spiro atoms. The number of carbonyl (C=O) groups is 1. The fraction of sp³-hybridized carbons (Fsp3) is 0.294. The number of aromatic nitrogens is 4. The number of ether oxygens (including phenoxy) is 1. The summed E-state index contributed by atoms with van der Waals surface area (Å²) in [7, 11) is 1.62. The molecule has 1 aliphatic rings. The Balaban J connectivity index is 1.72. The van der Waals surface area contributed by atoms with E-state index in [-0.39, 0.29) is 11.8 Å². The van der Waals surface area contributed by atoms with E-state index in [1.807, 2.05) is 29.2 Å². The Hall–Kier alpha value is -3.20. The summed E-state index contributed by atoms with van der Waals surface area (Å²) in [6.45, 7) is 1.09. The highest BCUT2D eigenvalue weighted by Gasteiger charge is 2.30. The largest absolute Gasteiger partial charge is 0.497 e. The van der Waals surface area contributed by atoms with Gasteiger partial charge in [0, 0.05) is 18.7 Å². The number of hydrogen-bond donors (Lipinski definition) is 3. The molecule has 1 aliphatic heterocycles. The summed E-state index contributed by atoms with van der Waals surface area (Å²) >= 11 is 0. The molecule has 9 heteroatoms. The zero-order valence-corrected chi connectivity index (χ0v) is 14.1. The van der Waals surface area contributed by atoms with Crippen molar-refractivity contribution in [3.8, 4) is 17.0 Å². The number of hydroxylamine groups is 1. The molecule has 1 saturated heterocycles. The third-order valence-electron chi connectivity index (χ3n) is 4.58. The predicted octanol–water partition coefficient (Wildman–Crippen LogP) is 1.36. The summed E-state index contributed by atoms with van der Waals surface area (Å²) in [5.41, 5.74) is 4.65. The van der Waals surface area contributed by atoms with Crippen molar-refractivity contribution in [1.29, 1.82) is 0 Å². The number of nitrogens with zero attached hydrogens (tertiary/aromatic N) is 4. The molecule has 1 amide bonds. The predicted molar refractivity (Wildman–Crippen MR) is 93.9 cm³/mol. The number of aromatic amines is 1. The fourth-order valence-corrected chi connectivity index (χ4v) is 3.16. The number of amides is 1. The first-order valence-electron chi connectivity index (χ1n) is 8.24. The summed E-state index contributed by atoms with van der Waals surface area (Å²) in [4.78, 5) is 30.2. The van der Waals surface area contributed by atoms with Crippen molar-refractivity contribution in [2.24, 2.45) is 5.92 Å². The Kier molecular flexibility index (Phi) is 4.13. The monoisotopic (exact) mass is 354 g/mol. The molecule has 1 aromatic carbocycles. The van der Waals surface area contributed by atoms with Crippen LogP contribution in [0.1, 0.15) is 6.42 Å². The molecule has 1 unspecified atom stereocenters. The van der Waals surface area contributed by atoms with Crippen molar-refractivity contribution in [2.75, 3.05) is 25.1 Å². The highest BCUT2D eigenvalue weighted by Crippen LogP contribution is 2.29. The van der Waals surface area contributed by atoms with Gasteiger partial charge in [0.25, 0.3) is 0 Å². The average Bonchev–Trinajstić information content (AvgIpc) is 3.36. The lowest BCUT2D eigenvalue weighted by Gasteiger charge is -2.17. The Morgan fingerprint density at radius 1 is 1.35 bits per heavy atom. The van der Waals surface area contributed by atoms with Crippen LogP contribution in [0.15, 0.2) is 30.6 Å². The maximum Gasteiger partial charge on any atom is 0.248 e. The lowest BCUT2D eigenvalue weighted by Crippen LogP contribution is -2.31. The van der Waals surface area contributed by atoms with E-state index in [2.05, 4.69) is 15.0 Å². The number of imidazole rings is 1. The Labute approximate surface area is 149 Å². The minimum absolute atomic E-state index is 0.287. The molecule has 0 bridgehead atoms. The number of carbonyl (C=O) groups excluding carboxylic acids is 1. The van der Waals surface area contributed by atoms with Crippen LogP contribution in [0.2, 0.25) is 0 Å². The standard InChI is InChI=1S/C17H18N6O3/c1-26-12-4-2-10(3-5-12)13-14-15(19-9-18-14)21-17(20-13)23-7-6-11(8-23)16(24)22-25/h2-5,9,11,25H,6-8H2,1H3,(H,22,24)(H,18,19,20,21). The zero-order chi connectivity index (χ0) is 18.1. The Morgan fingerprint density at radius 2 is 2.15 bits per heavy atom. The van der Waals surface area contributed by atoms with Crippen LogP contribution in [-0.4, -0.2) is 51.2 Å². The fourth-order valence-electron chi connectivity index (χ4n) is 3.16. The molecule has 1 atom stereocenters. The van der Waals surface area contributed by atoms with E-state index in [0.29, 0.717) is 42.3 Å². The Bertz CT molecular complexity index is 939. The van der Waals surface area contributed by atoms with Gasteiger partial charge in [-0.3, -0.25) is 10.0 Å². The highest BCUT2D eigenvalue weighted by atomic mass is 16.5. The number of fused-ring (bicyclic) bond motifs is 1. The van der Waals surface area contributed by atoms with Gasteiger partial charge in [0.05, 0.1) is 19.4 Å². The van der Waals surface area contributed by atoms with Crippen molar-refractivity contribution in [3.63, 3.8) is 0 Å². The summed E-state index contributed by atoms with van der Waals surface area (Å²) in [5.74, 6) is 0.621. The van der Waals surface area contributed by atoms with E-state index in [9.17, 15) is 4.79 Å². The second-order valence-corrected chi connectivity index (χ2v) is 6.11. The van der Waals surface area contributed by atoms with Gasteiger partial charge in [0.2, 0.25) is 11.9 Å². The van der Waals surface area contributed by atoms with Gasteiger partial charge in [-0.05, 0) is 30.7 Å². The minimum atomic E-state index is -0.384. The molecule has 2 aromatic heterocycles. The number of rotatable bonds is 4. The maximum absolute atomic E-state index is 11.7. The van der Waals surface area contributed by atoms with Gasteiger partial charge in [-0.2, -0.15) is 4.98 Å². The number of benzene rings is 1. The van der Waals surface area contributed by atoms with Gasteiger partial charge in [-0.25, -0.2) is 15.4 Å². The minimum Gasteiger partial charge on any atom is -0.497 e. The molecule has 0 radical (unpaired) electrons. The first-order chi connectivity index (χ1) is 12.7. The van der Waals surface area contributed by atoms with E-state index < -0.39 is 0 Å². The van der Waals surface area contributed by atoms with Crippen LogP contribution in [0, 0.1) is 5.92 Å². The lowest BCUT2D eigenvalue weighted by molar-refractivity contribution is -0.132. The van der Waals surface area contributed by atoms with E-state index in [1.54, 1.807) is 18.9 Å². The van der Waals surface area contributed by atoms with E-state index in [0.717, 1.165) is 11.3 Å². The summed E-state index contributed by atoms with van der Waals surface area (Å²) in [5, 5.41) is 8.83. The summed E-state index contributed by atoms with van der Waals surface area (Å²) < 4.78 is 5.21. The second kappa shape index (κ2) is 6.60. The molecule has 1 fully saturated rings. The molecule has 3 heterocycles. The first kappa shape index (κ1) is 16.3. The van der Waals surface area contributed by atoms with Gasteiger partial charge in [-0.1, -0.05) is 0 Å².